The van der Waals surface area contributed by atoms with Gasteiger partial charge >= 0.3 is 11.9 Å². The number of hydrogen-bond acceptors (Lipinski definition) is 8. The summed E-state index contributed by atoms with van der Waals surface area (Å²) in [6.45, 7) is 0.328. The van der Waals surface area contributed by atoms with Crippen molar-refractivity contribution in [2.45, 2.75) is 37.6 Å². The van der Waals surface area contributed by atoms with E-state index in [4.69, 9.17) is 18.9 Å². The largest absolute Gasteiger partial charge is 0.453 e. The van der Waals surface area contributed by atoms with E-state index >= 15 is 0 Å². The van der Waals surface area contributed by atoms with Gasteiger partial charge < -0.3 is 18.9 Å². The molecule has 8 nitrogen and oxygen atoms in total. The summed E-state index contributed by atoms with van der Waals surface area (Å²) in [4.78, 5) is 33.8. The van der Waals surface area contributed by atoms with Crippen molar-refractivity contribution in [2.24, 2.45) is 0 Å². The molecule has 0 amide bonds. The topological polar surface area (TPSA) is 96.8 Å². The third-order valence-electron chi connectivity index (χ3n) is 6.58. The molecule has 2 aromatic heterocycles. The predicted molar refractivity (Wildman–Crippen MR) is 136 cm³/mol. The van der Waals surface area contributed by atoms with Crippen molar-refractivity contribution in [1.29, 1.82) is 0 Å². The lowest BCUT2D eigenvalue weighted by molar-refractivity contribution is -0.165. The molecule has 0 aliphatic carbocycles. The minimum atomic E-state index is -1.01. The van der Waals surface area contributed by atoms with Crippen LogP contribution in [0.3, 0.4) is 0 Å². The van der Waals surface area contributed by atoms with E-state index in [0.717, 1.165) is 33.6 Å². The summed E-state index contributed by atoms with van der Waals surface area (Å²) < 4.78 is 22.6. The maximum absolute atomic E-state index is 12.5. The van der Waals surface area contributed by atoms with E-state index in [1.54, 1.807) is 12.4 Å². The molecule has 0 bridgehead atoms. The normalized spacial score (nSPS) is 22.1. The molecule has 2 fully saturated rings. The van der Waals surface area contributed by atoms with Crippen molar-refractivity contribution >= 4 is 11.9 Å². The maximum atomic E-state index is 12.5. The highest BCUT2D eigenvalue weighted by Crippen LogP contribution is 2.33. The Labute approximate surface area is 219 Å². The Morgan fingerprint density at radius 1 is 0.579 bits per heavy atom. The van der Waals surface area contributed by atoms with Crippen LogP contribution in [0.25, 0.3) is 22.5 Å². The van der Waals surface area contributed by atoms with E-state index in [9.17, 15) is 9.59 Å². The molecule has 8 heteroatoms. The molecule has 4 atom stereocenters. The average molecular weight is 509 g/mol. The van der Waals surface area contributed by atoms with Gasteiger partial charge in [-0.05, 0) is 35.4 Å². The van der Waals surface area contributed by atoms with Crippen LogP contribution >= 0.6 is 0 Å². The fourth-order valence-electron chi connectivity index (χ4n) is 4.58. The van der Waals surface area contributed by atoms with Crippen LogP contribution in [0.1, 0.15) is 11.1 Å². The van der Waals surface area contributed by atoms with Crippen LogP contribution in [0.15, 0.2) is 97.3 Å². The molecule has 4 heterocycles. The van der Waals surface area contributed by atoms with Gasteiger partial charge in [0.25, 0.3) is 0 Å². The molecule has 4 aromatic rings. The lowest BCUT2D eigenvalue weighted by Gasteiger charge is -2.14. The van der Waals surface area contributed by atoms with Crippen LogP contribution in [0.2, 0.25) is 0 Å². The van der Waals surface area contributed by atoms with Crippen molar-refractivity contribution in [2.75, 3.05) is 0 Å². The second-order valence-corrected chi connectivity index (χ2v) is 9.09. The van der Waals surface area contributed by atoms with Crippen LogP contribution in [0.5, 0.6) is 0 Å². The first-order chi connectivity index (χ1) is 18.7. The summed E-state index contributed by atoms with van der Waals surface area (Å²) in [5.74, 6) is -1.13. The number of nitrogens with zero attached hydrogens (tertiary/aromatic N) is 2. The molecule has 0 unspecified atom stereocenters. The van der Waals surface area contributed by atoms with E-state index in [-0.39, 0.29) is 13.2 Å². The molecule has 2 saturated heterocycles. The summed E-state index contributed by atoms with van der Waals surface area (Å²) in [6.07, 6.45) is -0.225. The van der Waals surface area contributed by atoms with E-state index < -0.39 is 36.4 Å². The van der Waals surface area contributed by atoms with Crippen molar-refractivity contribution in [1.82, 2.24) is 9.97 Å². The third-order valence-corrected chi connectivity index (χ3v) is 6.58. The van der Waals surface area contributed by atoms with Gasteiger partial charge in [-0.2, -0.15) is 0 Å². The van der Waals surface area contributed by atoms with Gasteiger partial charge in [0.15, 0.2) is 24.4 Å². The molecule has 0 spiro atoms. The molecule has 0 N–H and O–H groups in total. The molecule has 2 aliphatic rings. The van der Waals surface area contributed by atoms with Crippen molar-refractivity contribution in [3.63, 3.8) is 0 Å². The molecular formula is C30H24N2O6. The van der Waals surface area contributed by atoms with Crippen LogP contribution in [0.4, 0.5) is 0 Å². The van der Waals surface area contributed by atoms with E-state index in [0.29, 0.717) is 0 Å². The smallest absolute Gasteiger partial charge is 0.339 e. The number of fused-ring (bicyclic) bond motifs is 1. The van der Waals surface area contributed by atoms with Crippen LogP contribution < -0.4 is 0 Å². The number of benzene rings is 2. The summed E-state index contributed by atoms with van der Waals surface area (Å²) in [5, 5.41) is 0. The summed E-state index contributed by atoms with van der Waals surface area (Å²) >= 11 is 0. The first kappa shape index (κ1) is 24.0. The molecule has 2 aromatic carbocycles. The van der Waals surface area contributed by atoms with E-state index in [2.05, 4.69) is 9.97 Å². The molecule has 38 heavy (non-hydrogen) atoms. The Kier molecular flexibility index (Phi) is 6.64. The first-order valence-corrected chi connectivity index (χ1v) is 12.3. The van der Waals surface area contributed by atoms with Crippen molar-refractivity contribution in [3.05, 3.63) is 108 Å². The van der Waals surface area contributed by atoms with Gasteiger partial charge in [0.2, 0.25) is 0 Å². The minimum Gasteiger partial charge on any atom is -0.453 e. The Balaban J connectivity index is 1.05. The van der Waals surface area contributed by atoms with Gasteiger partial charge in [-0.25, -0.2) is 9.59 Å². The Morgan fingerprint density at radius 3 is 1.37 bits per heavy atom. The lowest BCUT2D eigenvalue weighted by Crippen LogP contribution is -2.34. The van der Waals surface area contributed by atoms with Crippen LogP contribution in [0, 0.1) is 0 Å². The van der Waals surface area contributed by atoms with Gasteiger partial charge in [0.05, 0.1) is 24.6 Å². The zero-order valence-electron chi connectivity index (χ0n) is 20.3. The summed E-state index contributed by atoms with van der Waals surface area (Å²) in [6, 6.07) is 26.9. The quantitative estimate of drug-likeness (QED) is 0.328. The number of esters is 2. The van der Waals surface area contributed by atoms with E-state index in [1.807, 2.05) is 84.9 Å². The minimum absolute atomic E-state index is 0.164. The predicted octanol–water partition coefficient (Wildman–Crippen LogP) is 4.13. The highest BCUT2D eigenvalue weighted by atomic mass is 16.7. The number of aromatic nitrogens is 2. The van der Waals surface area contributed by atoms with E-state index in [1.165, 1.54) is 0 Å². The Hall–Kier alpha value is -4.40. The number of ether oxygens (including phenoxy) is 4. The molecule has 190 valence electrons. The number of hydrogen-bond donors (Lipinski definition) is 0. The van der Waals surface area contributed by atoms with Crippen molar-refractivity contribution in [3.8, 4) is 22.5 Å². The number of pyridine rings is 2. The lowest BCUT2D eigenvalue weighted by atomic mass is 10.1. The fraction of sp³-hybridized carbons (Fsp3) is 0.200. The van der Waals surface area contributed by atoms with Gasteiger partial charge in [0, 0.05) is 23.5 Å². The monoisotopic (exact) mass is 508 g/mol. The van der Waals surface area contributed by atoms with Gasteiger partial charge in [0.1, 0.15) is 0 Å². The van der Waals surface area contributed by atoms with Gasteiger partial charge in [-0.3, -0.25) is 9.97 Å². The van der Waals surface area contributed by atoms with Crippen LogP contribution in [-0.4, -0.2) is 46.3 Å². The van der Waals surface area contributed by atoms with Crippen molar-refractivity contribution < 1.29 is 28.5 Å². The fourth-order valence-corrected chi connectivity index (χ4v) is 4.58. The zero-order valence-corrected chi connectivity index (χ0v) is 20.3. The molecule has 0 saturated carbocycles. The first-order valence-electron chi connectivity index (χ1n) is 12.3. The molecule has 2 aliphatic heterocycles. The SMILES string of the molecule is O=C1O[C@@H]2[C@@H](OC(=O)[C@@H]2OCc2ccc(-c3ccccn3)cc2)[C@H]1OCc1ccc(-c2ccccn2)cc1. The molecule has 6 rings (SSSR count). The zero-order chi connectivity index (χ0) is 25.9. The van der Waals surface area contributed by atoms with Gasteiger partial charge in [-0.15, -0.1) is 0 Å². The molecular weight excluding hydrogens is 484 g/mol. The number of rotatable bonds is 8. The number of carbonyl (C=O) groups excluding carboxylic acids is 2. The second-order valence-electron chi connectivity index (χ2n) is 9.09. The number of carbonyl (C=O) groups is 2. The standard InChI is InChI=1S/C30H24N2O6/c33-29-27(35-17-19-7-11-21(12-8-19)23-5-1-3-15-31-23)25-26(38-29)28(30(34)37-25)36-18-20-9-13-22(14-10-20)24-6-2-4-16-32-24/h1-16,25-28H,17-18H2/t25-,26-,27-,28-/m1/s1. The summed E-state index contributed by atoms with van der Waals surface area (Å²) in [5.41, 5.74) is 5.43. The highest BCUT2D eigenvalue weighted by molar-refractivity contribution is 5.85. The third kappa shape index (κ3) is 4.91. The van der Waals surface area contributed by atoms with Crippen LogP contribution in [-0.2, 0) is 41.8 Å². The second kappa shape index (κ2) is 10.5. The maximum Gasteiger partial charge on any atom is 0.339 e. The Bertz CT molecular complexity index is 1300. The average Bonchev–Trinajstić information content (AvgIpc) is 3.44. The van der Waals surface area contributed by atoms with Gasteiger partial charge in [-0.1, -0.05) is 60.7 Å². The Morgan fingerprint density at radius 2 is 1.00 bits per heavy atom. The molecule has 0 radical (unpaired) electrons. The highest BCUT2D eigenvalue weighted by Gasteiger charge is 2.59. The summed E-state index contributed by atoms with van der Waals surface area (Å²) in [7, 11) is 0.